The van der Waals surface area contributed by atoms with E-state index in [1.165, 1.54) is 23.3 Å². The molecular formula is C25H34N2O3. The normalized spacial score (nSPS) is 19.8. The van der Waals surface area contributed by atoms with E-state index in [1.807, 2.05) is 39.8 Å². The topological polar surface area (TPSA) is 57.7 Å². The molecule has 1 saturated heterocycles. The second-order valence-electron chi connectivity index (χ2n) is 9.81. The molecule has 1 heterocycles. The predicted molar refractivity (Wildman–Crippen MR) is 119 cm³/mol. The Bertz CT molecular complexity index is 833. The molecule has 0 bridgehead atoms. The van der Waals surface area contributed by atoms with Crippen molar-refractivity contribution in [3.05, 3.63) is 41.5 Å². The zero-order valence-corrected chi connectivity index (χ0v) is 18.7. The van der Waals surface area contributed by atoms with E-state index in [-0.39, 0.29) is 29.6 Å². The molecule has 2 aliphatic rings. The number of benzene rings is 1. The molecule has 0 saturated carbocycles. The molecule has 3 rings (SSSR count). The van der Waals surface area contributed by atoms with Gasteiger partial charge in [-0.3, -0.25) is 14.4 Å². The van der Waals surface area contributed by atoms with E-state index in [0.29, 0.717) is 18.7 Å². The summed E-state index contributed by atoms with van der Waals surface area (Å²) in [7, 11) is 0. The number of aryl methyl sites for hydroxylation is 1. The first-order valence-corrected chi connectivity index (χ1v) is 11.1. The van der Waals surface area contributed by atoms with Crippen molar-refractivity contribution >= 4 is 23.4 Å². The lowest BCUT2D eigenvalue weighted by Crippen LogP contribution is -2.47. The fraction of sp³-hybridized carbons (Fsp3) is 0.560. The molecule has 1 aromatic rings. The third-order valence-electron chi connectivity index (χ3n) is 5.85. The SMILES string of the molecule is Cc1ccc(N2C(=O)CC(N(CCC3=CCCCC3)C(=O)CC(C)(C)C)C2=O)cc1. The first-order chi connectivity index (χ1) is 14.2. The molecule has 1 aromatic carbocycles. The van der Waals surface area contributed by atoms with Crippen LogP contribution in [0.25, 0.3) is 0 Å². The van der Waals surface area contributed by atoms with Gasteiger partial charge in [-0.2, -0.15) is 0 Å². The van der Waals surface area contributed by atoms with Crippen molar-refractivity contribution in [3.8, 4) is 0 Å². The molecule has 1 atom stereocenters. The molecule has 5 heteroatoms. The van der Waals surface area contributed by atoms with Gasteiger partial charge in [0.05, 0.1) is 12.1 Å². The number of carbonyl (C=O) groups is 3. The third-order valence-corrected chi connectivity index (χ3v) is 5.85. The molecule has 0 N–H and O–H groups in total. The van der Waals surface area contributed by atoms with E-state index < -0.39 is 6.04 Å². The minimum Gasteiger partial charge on any atom is -0.330 e. The lowest BCUT2D eigenvalue weighted by atomic mass is 9.91. The van der Waals surface area contributed by atoms with Crippen molar-refractivity contribution in [2.45, 2.75) is 78.7 Å². The Balaban J connectivity index is 1.81. The summed E-state index contributed by atoms with van der Waals surface area (Å²) in [5.41, 5.74) is 2.83. The van der Waals surface area contributed by atoms with Crippen molar-refractivity contribution in [3.63, 3.8) is 0 Å². The maximum Gasteiger partial charge on any atom is 0.257 e. The van der Waals surface area contributed by atoms with Crippen LogP contribution in [0.3, 0.4) is 0 Å². The molecule has 1 fully saturated rings. The second kappa shape index (κ2) is 9.15. The van der Waals surface area contributed by atoms with E-state index in [4.69, 9.17) is 0 Å². The van der Waals surface area contributed by atoms with Crippen molar-refractivity contribution < 1.29 is 14.4 Å². The molecule has 30 heavy (non-hydrogen) atoms. The summed E-state index contributed by atoms with van der Waals surface area (Å²) in [6.45, 7) is 8.52. The van der Waals surface area contributed by atoms with Crippen LogP contribution in [0.4, 0.5) is 5.69 Å². The molecule has 1 unspecified atom stereocenters. The van der Waals surface area contributed by atoms with Crippen molar-refractivity contribution in [1.29, 1.82) is 0 Å². The Hall–Kier alpha value is -2.43. The number of hydrogen-bond acceptors (Lipinski definition) is 3. The Morgan fingerprint density at radius 3 is 2.43 bits per heavy atom. The van der Waals surface area contributed by atoms with E-state index >= 15 is 0 Å². The van der Waals surface area contributed by atoms with Crippen LogP contribution in [0.5, 0.6) is 0 Å². The molecule has 1 aliphatic heterocycles. The predicted octanol–water partition coefficient (Wildman–Crippen LogP) is 4.78. The smallest absolute Gasteiger partial charge is 0.257 e. The first kappa shape index (κ1) is 22.3. The zero-order chi connectivity index (χ0) is 21.9. The van der Waals surface area contributed by atoms with E-state index in [9.17, 15) is 14.4 Å². The number of hydrogen-bond donors (Lipinski definition) is 0. The summed E-state index contributed by atoms with van der Waals surface area (Å²) in [6, 6.07) is 6.66. The van der Waals surface area contributed by atoms with Crippen LogP contribution in [-0.4, -0.2) is 35.2 Å². The Labute approximate surface area is 180 Å². The van der Waals surface area contributed by atoms with Crippen LogP contribution < -0.4 is 4.90 Å². The van der Waals surface area contributed by atoms with Gasteiger partial charge in [-0.25, -0.2) is 4.90 Å². The second-order valence-corrected chi connectivity index (χ2v) is 9.81. The number of nitrogens with zero attached hydrogens (tertiary/aromatic N) is 2. The Kier molecular flexibility index (Phi) is 6.79. The molecule has 0 spiro atoms. The highest BCUT2D eigenvalue weighted by Crippen LogP contribution is 2.29. The summed E-state index contributed by atoms with van der Waals surface area (Å²) in [4.78, 5) is 42.1. The lowest BCUT2D eigenvalue weighted by molar-refractivity contribution is -0.139. The molecule has 5 nitrogen and oxygen atoms in total. The van der Waals surface area contributed by atoms with Crippen LogP contribution in [0.1, 0.15) is 71.3 Å². The quantitative estimate of drug-likeness (QED) is 0.501. The van der Waals surface area contributed by atoms with Gasteiger partial charge in [-0.15, -0.1) is 0 Å². The van der Waals surface area contributed by atoms with Crippen molar-refractivity contribution in [2.24, 2.45) is 5.41 Å². The maximum atomic E-state index is 13.3. The number of imide groups is 1. The number of amides is 3. The minimum atomic E-state index is -0.710. The molecular weight excluding hydrogens is 376 g/mol. The highest BCUT2D eigenvalue weighted by atomic mass is 16.2. The number of allylic oxidation sites excluding steroid dienone is 1. The number of anilines is 1. The highest BCUT2D eigenvalue weighted by molar-refractivity contribution is 6.23. The summed E-state index contributed by atoms with van der Waals surface area (Å²) in [5, 5.41) is 0. The zero-order valence-electron chi connectivity index (χ0n) is 18.7. The van der Waals surface area contributed by atoms with E-state index in [0.717, 1.165) is 24.8 Å². The average molecular weight is 411 g/mol. The number of carbonyl (C=O) groups excluding carboxylic acids is 3. The van der Waals surface area contributed by atoms with Gasteiger partial charge < -0.3 is 4.90 Å². The van der Waals surface area contributed by atoms with Gasteiger partial charge in [0.25, 0.3) is 5.91 Å². The summed E-state index contributed by atoms with van der Waals surface area (Å²) in [6.07, 6.45) is 8.02. The Morgan fingerprint density at radius 1 is 1.13 bits per heavy atom. The minimum absolute atomic E-state index is 0.0455. The van der Waals surface area contributed by atoms with E-state index in [1.54, 1.807) is 17.0 Å². The largest absolute Gasteiger partial charge is 0.330 e. The van der Waals surface area contributed by atoms with Gasteiger partial charge in [0, 0.05) is 13.0 Å². The van der Waals surface area contributed by atoms with Gasteiger partial charge in [0.1, 0.15) is 6.04 Å². The van der Waals surface area contributed by atoms with Crippen molar-refractivity contribution in [2.75, 3.05) is 11.4 Å². The Morgan fingerprint density at radius 2 is 1.83 bits per heavy atom. The van der Waals surface area contributed by atoms with Gasteiger partial charge in [-0.05, 0) is 56.6 Å². The lowest BCUT2D eigenvalue weighted by Gasteiger charge is -2.31. The van der Waals surface area contributed by atoms with E-state index in [2.05, 4.69) is 6.08 Å². The fourth-order valence-electron chi connectivity index (χ4n) is 4.23. The monoisotopic (exact) mass is 410 g/mol. The molecule has 0 radical (unpaired) electrons. The van der Waals surface area contributed by atoms with Crippen LogP contribution in [0.2, 0.25) is 0 Å². The summed E-state index contributed by atoms with van der Waals surface area (Å²) in [5.74, 6) is -0.571. The van der Waals surface area contributed by atoms with Crippen LogP contribution in [0.15, 0.2) is 35.9 Å². The molecule has 162 valence electrons. The van der Waals surface area contributed by atoms with Crippen LogP contribution in [0, 0.1) is 12.3 Å². The number of rotatable bonds is 6. The van der Waals surface area contributed by atoms with Gasteiger partial charge in [0.2, 0.25) is 11.8 Å². The fourth-order valence-corrected chi connectivity index (χ4v) is 4.23. The standard InChI is InChI=1S/C25H34N2O3/c1-18-10-12-20(13-11-18)27-22(28)16-21(24(27)30)26(23(29)17-25(2,3)4)15-14-19-8-6-5-7-9-19/h8,10-13,21H,5-7,9,14-17H2,1-4H3. The van der Waals surface area contributed by atoms with Gasteiger partial charge in [0.15, 0.2) is 0 Å². The molecule has 3 amide bonds. The van der Waals surface area contributed by atoms with Crippen LogP contribution >= 0.6 is 0 Å². The first-order valence-electron chi connectivity index (χ1n) is 11.1. The third kappa shape index (κ3) is 5.38. The van der Waals surface area contributed by atoms with Gasteiger partial charge >= 0.3 is 0 Å². The average Bonchev–Trinajstić information content (AvgIpc) is 2.96. The van der Waals surface area contributed by atoms with Crippen LogP contribution in [-0.2, 0) is 14.4 Å². The molecule has 1 aliphatic carbocycles. The summed E-state index contributed by atoms with van der Waals surface area (Å²) >= 11 is 0. The maximum absolute atomic E-state index is 13.3. The molecule has 0 aromatic heterocycles. The summed E-state index contributed by atoms with van der Waals surface area (Å²) < 4.78 is 0. The van der Waals surface area contributed by atoms with Crippen molar-refractivity contribution in [1.82, 2.24) is 4.90 Å². The highest BCUT2D eigenvalue weighted by Gasteiger charge is 2.44. The van der Waals surface area contributed by atoms with Gasteiger partial charge in [-0.1, -0.05) is 50.1 Å².